The van der Waals surface area contributed by atoms with Crippen LogP contribution in [0.1, 0.15) is 24.4 Å². The van der Waals surface area contributed by atoms with Crippen molar-refractivity contribution >= 4 is 10.9 Å². The molecule has 5 atom stereocenters. The maximum Gasteiger partial charge on any atom is 0.119 e. The average Bonchev–Trinajstić information content (AvgIpc) is 2.66. The number of aromatic nitrogens is 1. The number of nitrogens with zero attached hydrogens (tertiary/aromatic N) is 2. The first-order valence-corrected chi connectivity index (χ1v) is 8.76. The number of fused-ring (bicyclic) bond motifs is 4. The van der Waals surface area contributed by atoms with Gasteiger partial charge in [0.25, 0.3) is 0 Å². The van der Waals surface area contributed by atoms with Crippen molar-refractivity contribution in [2.45, 2.75) is 24.9 Å². The van der Waals surface area contributed by atoms with Crippen molar-refractivity contribution in [2.75, 3.05) is 20.2 Å². The third-order valence-electron chi connectivity index (χ3n) is 5.91. The molecular formula is C20H25N3O. The first-order chi connectivity index (χ1) is 11.7. The summed E-state index contributed by atoms with van der Waals surface area (Å²) >= 11 is 0. The molecule has 3 fully saturated rings. The maximum absolute atomic E-state index is 6.76. The number of rotatable bonds is 4. The lowest BCUT2D eigenvalue weighted by atomic mass is 9.73. The van der Waals surface area contributed by atoms with Crippen LogP contribution in [-0.2, 0) is 0 Å². The fourth-order valence-electron chi connectivity index (χ4n) is 4.52. The number of pyridine rings is 1. The van der Waals surface area contributed by atoms with Crippen molar-refractivity contribution in [2.24, 2.45) is 17.6 Å². The lowest BCUT2D eigenvalue weighted by Gasteiger charge is -2.51. The Kier molecular flexibility index (Phi) is 4.02. The summed E-state index contributed by atoms with van der Waals surface area (Å²) in [6.07, 6.45) is 6.43. The molecule has 5 rings (SSSR count). The van der Waals surface area contributed by atoms with Crippen LogP contribution in [0.2, 0.25) is 0 Å². The minimum absolute atomic E-state index is 0.00354. The Bertz CT molecular complexity index is 760. The van der Waals surface area contributed by atoms with Gasteiger partial charge in [0.15, 0.2) is 0 Å². The summed E-state index contributed by atoms with van der Waals surface area (Å²) in [5.41, 5.74) is 8.91. The summed E-state index contributed by atoms with van der Waals surface area (Å²) in [5, 5.41) is 1.10. The third kappa shape index (κ3) is 2.50. The molecule has 4 heteroatoms. The van der Waals surface area contributed by atoms with Crippen LogP contribution in [0.25, 0.3) is 10.9 Å². The Labute approximate surface area is 143 Å². The van der Waals surface area contributed by atoms with Crippen molar-refractivity contribution in [1.29, 1.82) is 0 Å². The van der Waals surface area contributed by atoms with E-state index in [1.165, 1.54) is 12.0 Å². The molecule has 0 radical (unpaired) electrons. The highest BCUT2D eigenvalue weighted by Gasteiger charge is 2.41. The summed E-state index contributed by atoms with van der Waals surface area (Å²) in [5.74, 6) is 2.20. The van der Waals surface area contributed by atoms with E-state index in [4.69, 9.17) is 10.5 Å². The van der Waals surface area contributed by atoms with Crippen LogP contribution in [0.4, 0.5) is 0 Å². The molecule has 2 aromatic rings. The molecule has 0 spiro atoms. The molecule has 3 aliphatic rings. The minimum atomic E-state index is -0.00354. The van der Waals surface area contributed by atoms with E-state index >= 15 is 0 Å². The second-order valence-electron chi connectivity index (χ2n) is 7.06. The van der Waals surface area contributed by atoms with Gasteiger partial charge in [0, 0.05) is 30.2 Å². The predicted molar refractivity (Wildman–Crippen MR) is 97.0 cm³/mol. The molecule has 2 bridgehead atoms. The van der Waals surface area contributed by atoms with Crippen molar-refractivity contribution in [3.63, 3.8) is 0 Å². The lowest BCUT2D eigenvalue weighted by Crippen LogP contribution is -2.56. The molecule has 3 aliphatic heterocycles. The van der Waals surface area contributed by atoms with Crippen LogP contribution in [0, 0.1) is 11.8 Å². The molecule has 126 valence electrons. The van der Waals surface area contributed by atoms with E-state index in [1.807, 2.05) is 18.3 Å². The Balaban J connectivity index is 1.69. The molecule has 2 N–H and O–H groups in total. The van der Waals surface area contributed by atoms with E-state index in [0.717, 1.165) is 42.1 Å². The van der Waals surface area contributed by atoms with E-state index in [-0.39, 0.29) is 6.04 Å². The normalized spacial score (nSPS) is 30.2. The highest BCUT2D eigenvalue weighted by atomic mass is 16.5. The number of benzene rings is 1. The van der Waals surface area contributed by atoms with Crippen LogP contribution >= 0.6 is 0 Å². The second kappa shape index (κ2) is 6.19. The van der Waals surface area contributed by atoms with Gasteiger partial charge >= 0.3 is 0 Å². The molecule has 4 nitrogen and oxygen atoms in total. The quantitative estimate of drug-likeness (QED) is 0.878. The Morgan fingerprint density at radius 3 is 3.00 bits per heavy atom. The predicted octanol–water partition coefficient (Wildman–Crippen LogP) is 3.14. The van der Waals surface area contributed by atoms with Crippen LogP contribution < -0.4 is 10.5 Å². The fourth-order valence-corrected chi connectivity index (χ4v) is 4.52. The highest BCUT2D eigenvalue weighted by Crippen LogP contribution is 2.41. The van der Waals surface area contributed by atoms with Gasteiger partial charge in [0.1, 0.15) is 5.75 Å². The first-order valence-electron chi connectivity index (χ1n) is 8.76. The van der Waals surface area contributed by atoms with Crippen LogP contribution in [-0.4, -0.2) is 36.1 Å². The van der Waals surface area contributed by atoms with Gasteiger partial charge in [-0.3, -0.25) is 9.88 Å². The van der Waals surface area contributed by atoms with Crippen molar-refractivity contribution in [3.05, 3.63) is 48.7 Å². The average molecular weight is 323 g/mol. The molecule has 0 amide bonds. The van der Waals surface area contributed by atoms with E-state index in [1.54, 1.807) is 7.11 Å². The monoisotopic (exact) mass is 323 g/mol. The summed E-state index contributed by atoms with van der Waals surface area (Å²) in [6.45, 7) is 6.26. The number of hydrogen-bond acceptors (Lipinski definition) is 4. The van der Waals surface area contributed by atoms with Crippen molar-refractivity contribution in [1.82, 2.24) is 9.88 Å². The smallest absolute Gasteiger partial charge is 0.119 e. The minimum Gasteiger partial charge on any atom is -0.497 e. The standard InChI is InChI=1S/C20H25N3O/c1-3-13-12-23-9-7-14(13)10-19(23)20(21)16-6-8-22-18-5-4-15(24-2)11-17(16)18/h3-6,8,11,13-14,19-20H,1,7,9-10,12,21H2,2H3/t13-,14+,19-,20-/m0/s1. The summed E-state index contributed by atoms with van der Waals surface area (Å²) in [7, 11) is 1.69. The van der Waals surface area contributed by atoms with E-state index in [2.05, 4.69) is 34.7 Å². The largest absolute Gasteiger partial charge is 0.497 e. The third-order valence-corrected chi connectivity index (χ3v) is 5.91. The van der Waals surface area contributed by atoms with Gasteiger partial charge in [-0.15, -0.1) is 6.58 Å². The number of nitrogens with two attached hydrogens (primary N) is 1. The molecule has 24 heavy (non-hydrogen) atoms. The molecule has 1 aromatic heterocycles. The van der Waals surface area contributed by atoms with Gasteiger partial charge in [-0.2, -0.15) is 0 Å². The molecular weight excluding hydrogens is 298 g/mol. The zero-order valence-electron chi connectivity index (χ0n) is 14.2. The van der Waals surface area contributed by atoms with Crippen molar-refractivity contribution in [3.8, 4) is 5.75 Å². The topological polar surface area (TPSA) is 51.4 Å². The van der Waals surface area contributed by atoms with E-state index < -0.39 is 0 Å². The molecule has 4 heterocycles. The van der Waals surface area contributed by atoms with E-state index in [0.29, 0.717) is 12.0 Å². The van der Waals surface area contributed by atoms with Gasteiger partial charge in [-0.05, 0) is 61.1 Å². The maximum atomic E-state index is 6.76. The molecule has 1 aromatic carbocycles. The molecule has 0 saturated carbocycles. The van der Waals surface area contributed by atoms with Gasteiger partial charge in [-0.1, -0.05) is 6.08 Å². The van der Waals surface area contributed by atoms with Gasteiger partial charge < -0.3 is 10.5 Å². The first kappa shape index (κ1) is 15.6. The zero-order chi connectivity index (χ0) is 16.7. The van der Waals surface area contributed by atoms with Crippen LogP contribution in [0.5, 0.6) is 5.75 Å². The summed E-state index contributed by atoms with van der Waals surface area (Å²) in [4.78, 5) is 7.04. The number of hydrogen-bond donors (Lipinski definition) is 1. The summed E-state index contributed by atoms with van der Waals surface area (Å²) < 4.78 is 5.39. The van der Waals surface area contributed by atoms with Crippen LogP contribution in [0.15, 0.2) is 43.1 Å². The molecule has 3 saturated heterocycles. The van der Waals surface area contributed by atoms with Crippen molar-refractivity contribution < 1.29 is 4.74 Å². The van der Waals surface area contributed by atoms with Gasteiger partial charge in [0.2, 0.25) is 0 Å². The number of ether oxygens (including phenoxy) is 1. The Morgan fingerprint density at radius 1 is 1.42 bits per heavy atom. The number of methoxy groups -OCH3 is 1. The number of piperidine rings is 3. The Hall–Kier alpha value is -1.91. The van der Waals surface area contributed by atoms with E-state index in [9.17, 15) is 0 Å². The van der Waals surface area contributed by atoms with Gasteiger partial charge in [-0.25, -0.2) is 0 Å². The lowest BCUT2D eigenvalue weighted by molar-refractivity contribution is 0.00749. The van der Waals surface area contributed by atoms with Crippen LogP contribution in [0.3, 0.4) is 0 Å². The molecule has 0 aliphatic carbocycles. The summed E-state index contributed by atoms with van der Waals surface area (Å²) in [6, 6.07) is 8.48. The SMILES string of the molecule is C=C[C@H]1CN2CC[C@@H]1C[C@H]2[C@@H](N)c1ccnc2ccc(OC)cc12. The zero-order valence-corrected chi connectivity index (χ0v) is 14.2. The fraction of sp³-hybridized carbons (Fsp3) is 0.450. The Morgan fingerprint density at radius 2 is 2.29 bits per heavy atom. The molecule has 1 unspecified atom stereocenters. The second-order valence-corrected chi connectivity index (χ2v) is 7.06. The van der Waals surface area contributed by atoms with Gasteiger partial charge in [0.05, 0.1) is 12.6 Å². The highest BCUT2D eigenvalue weighted by molar-refractivity contribution is 5.84.